The van der Waals surface area contributed by atoms with Gasteiger partial charge in [-0.1, -0.05) is 35.0 Å². The maximum atomic E-state index is 11.3. The number of nitrogens with one attached hydrogen (secondary N) is 1. The van der Waals surface area contributed by atoms with Crippen LogP contribution in [0.4, 0.5) is 0 Å². The lowest BCUT2D eigenvalue weighted by Gasteiger charge is -2.26. The van der Waals surface area contributed by atoms with Gasteiger partial charge in [0, 0.05) is 22.9 Å². The molecule has 1 saturated heterocycles. The van der Waals surface area contributed by atoms with Crippen LogP contribution in [0.3, 0.4) is 0 Å². The average Bonchev–Trinajstić information content (AvgIpc) is 2.62. The first-order valence-corrected chi connectivity index (χ1v) is 5.98. The second-order valence-corrected chi connectivity index (χ2v) is 5.01. The summed E-state index contributed by atoms with van der Waals surface area (Å²) in [6.07, 6.45) is 1.61. The lowest BCUT2D eigenvalue weighted by atomic mass is 9.77. The summed E-state index contributed by atoms with van der Waals surface area (Å²) in [5.41, 5.74) is 1.27. The molecule has 1 aromatic rings. The lowest BCUT2D eigenvalue weighted by molar-refractivity contribution is -0.119. The van der Waals surface area contributed by atoms with E-state index in [9.17, 15) is 4.79 Å². The van der Waals surface area contributed by atoms with Crippen molar-refractivity contribution in [1.82, 2.24) is 5.32 Å². The minimum absolute atomic E-state index is 0.0117. The molecular formula is C12H14BrNO. The first kappa shape index (κ1) is 10.7. The van der Waals surface area contributed by atoms with Crippen LogP contribution in [0.25, 0.3) is 0 Å². The number of halogens is 1. The standard InChI is InChI=1S/C12H14BrNO/c1-2-12(7-11(15)14-8-12)9-3-5-10(13)6-4-9/h3-6H,2,7-8H2,1H3,(H,14,15). The van der Waals surface area contributed by atoms with E-state index in [-0.39, 0.29) is 11.3 Å². The van der Waals surface area contributed by atoms with Crippen LogP contribution in [0.1, 0.15) is 25.3 Å². The third kappa shape index (κ3) is 1.93. The monoisotopic (exact) mass is 267 g/mol. The van der Waals surface area contributed by atoms with Gasteiger partial charge < -0.3 is 5.32 Å². The number of rotatable bonds is 2. The first-order chi connectivity index (χ1) is 7.16. The molecule has 2 nitrogen and oxygen atoms in total. The molecule has 0 spiro atoms. The number of amides is 1. The van der Waals surface area contributed by atoms with Crippen molar-refractivity contribution in [3.05, 3.63) is 34.3 Å². The Morgan fingerprint density at radius 3 is 2.53 bits per heavy atom. The molecule has 0 bridgehead atoms. The quantitative estimate of drug-likeness (QED) is 0.877. The predicted octanol–water partition coefficient (Wildman–Crippen LogP) is 2.62. The third-order valence-electron chi connectivity index (χ3n) is 3.26. The summed E-state index contributed by atoms with van der Waals surface area (Å²) in [5, 5.41) is 2.92. The van der Waals surface area contributed by atoms with Crippen LogP contribution in [-0.4, -0.2) is 12.5 Å². The summed E-state index contributed by atoms with van der Waals surface area (Å²) in [4.78, 5) is 11.3. The smallest absolute Gasteiger partial charge is 0.220 e. The predicted molar refractivity (Wildman–Crippen MR) is 63.7 cm³/mol. The maximum absolute atomic E-state index is 11.3. The summed E-state index contributed by atoms with van der Waals surface area (Å²) in [6, 6.07) is 8.28. The van der Waals surface area contributed by atoms with Gasteiger partial charge in [0.05, 0.1) is 0 Å². The zero-order chi connectivity index (χ0) is 10.9. The molecule has 2 rings (SSSR count). The van der Waals surface area contributed by atoms with Crippen molar-refractivity contribution >= 4 is 21.8 Å². The van der Waals surface area contributed by atoms with Gasteiger partial charge in [-0.05, 0) is 24.1 Å². The Morgan fingerprint density at radius 1 is 1.40 bits per heavy atom. The van der Waals surface area contributed by atoms with Crippen molar-refractivity contribution in [2.24, 2.45) is 0 Å². The molecule has 0 saturated carbocycles. The van der Waals surface area contributed by atoms with Crippen molar-refractivity contribution in [2.45, 2.75) is 25.2 Å². The first-order valence-electron chi connectivity index (χ1n) is 5.19. The molecule has 1 unspecified atom stereocenters. The molecule has 1 aromatic carbocycles. The van der Waals surface area contributed by atoms with Crippen LogP contribution in [0, 0.1) is 0 Å². The Hall–Kier alpha value is -0.830. The molecule has 1 aliphatic heterocycles. The minimum Gasteiger partial charge on any atom is -0.355 e. The van der Waals surface area contributed by atoms with E-state index in [1.54, 1.807) is 0 Å². The Kier molecular flexibility index (Phi) is 2.83. The second-order valence-electron chi connectivity index (χ2n) is 4.09. The van der Waals surface area contributed by atoms with Crippen LogP contribution >= 0.6 is 15.9 Å². The van der Waals surface area contributed by atoms with Gasteiger partial charge in [-0.3, -0.25) is 4.79 Å². The van der Waals surface area contributed by atoms with Crippen LogP contribution in [0.2, 0.25) is 0 Å². The molecule has 0 aliphatic carbocycles. The highest BCUT2D eigenvalue weighted by molar-refractivity contribution is 9.10. The fourth-order valence-electron chi connectivity index (χ4n) is 2.16. The third-order valence-corrected chi connectivity index (χ3v) is 3.78. The largest absolute Gasteiger partial charge is 0.355 e. The van der Waals surface area contributed by atoms with Crippen molar-refractivity contribution in [3.8, 4) is 0 Å². The van der Waals surface area contributed by atoms with E-state index in [1.165, 1.54) is 5.56 Å². The van der Waals surface area contributed by atoms with E-state index in [0.717, 1.165) is 17.4 Å². The van der Waals surface area contributed by atoms with Crippen LogP contribution in [-0.2, 0) is 10.2 Å². The van der Waals surface area contributed by atoms with E-state index in [4.69, 9.17) is 0 Å². The molecule has 1 fully saturated rings. The summed E-state index contributed by atoms with van der Waals surface area (Å²) in [6.45, 7) is 2.91. The normalized spacial score (nSPS) is 25.3. The molecular weight excluding hydrogens is 254 g/mol. The zero-order valence-electron chi connectivity index (χ0n) is 8.72. The van der Waals surface area contributed by atoms with Crippen LogP contribution in [0.5, 0.6) is 0 Å². The SMILES string of the molecule is CCC1(c2ccc(Br)cc2)CNC(=O)C1. The van der Waals surface area contributed by atoms with E-state index in [1.807, 2.05) is 12.1 Å². The molecule has 1 aliphatic rings. The molecule has 3 heteroatoms. The highest BCUT2D eigenvalue weighted by Crippen LogP contribution is 2.34. The van der Waals surface area contributed by atoms with Crippen molar-refractivity contribution in [2.75, 3.05) is 6.54 Å². The average molecular weight is 268 g/mol. The number of hydrogen-bond donors (Lipinski definition) is 1. The summed E-state index contributed by atoms with van der Waals surface area (Å²) < 4.78 is 1.08. The number of hydrogen-bond acceptors (Lipinski definition) is 1. The van der Waals surface area contributed by atoms with Gasteiger partial charge in [0.15, 0.2) is 0 Å². The van der Waals surface area contributed by atoms with Gasteiger partial charge in [-0.15, -0.1) is 0 Å². The summed E-state index contributed by atoms with van der Waals surface area (Å²) >= 11 is 3.42. The van der Waals surface area contributed by atoms with Gasteiger partial charge in [-0.25, -0.2) is 0 Å². The topological polar surface area (TPSA) is 29.1 Å². The molecule has 1 N–H and O–H groups in total. The molecule has 0 radical (unpaired) electrons. The Labute approximate surface area is 98.2 Å². The number of benzene rings is 1. The zero-order valence-corrected chi connectivity index (χ0v) is 10.3. The fourth-order valence-corrected chi connectivity index (χ4v) is 2.43. The molecule has 15 heavy (non-hydrogen) atoms. The van der Waals surface area contributed by atoms with Crippen molar-refractivity contribution in [1.29, 1.82) is 0 Å². The van der Waals surface area contributed by atoms with Gasteiger partial charge in [-0.2, -0.15) is 0 Å². The van der Waals surface area contributed by atoms with Gasteiger partial charge in [0.2, 0.25) is 5.91 Å². The maximum Gasteiger partial charge on any atom is 0.220 e. The van der Waals surface area contributed by atoms with Crippen molar-refractivity contribution < 1.29 is 4.79 Å². The molecule has 0 aromatic heterocycles. The van der Waals surface area contributed by atoms with Crippen LogP contribution < -0.4 is 5.32 Å². The summed E-state index contributed by atoms with van der Waals surface area (Å²) in [5.74, 6) is 0.166. The highest BCUT2D eigenvalue weighted by Gasteiger charge is 2.38. The van der Waals surface area contributed by atoms with E-state index in [2.05, 4.69) is 40.3 Å². The van der Waals surface area contributed by atoms with Gasteiger partial charge in [0.25, 0.3) is 0 Å². The van der Waals surface area contributed by atoms with Gasteiger partial charge >= 0.3 is 0 Å². The Balaban J connectivity index is 2.34. The molecule has 1 amide bonds. The van der Waals surface area contributed by atoms with E-state index in [0.29, 0.717) is 6.42 Å². The molecule has 1 heterocycles. The lowest BCUT2D eigenvalue weighted by Crippen LogP contribution is -2.27. The van der Waals surface area contributed by atoms with E-state index >= 15 is 0 Å². The Morgan fingerprint density at radius 2 is 2.07 bits per heavy atom. The van der Waals surface area contributed by atoms with Gasteiger partial charge in [0.1, 0.15) is 0 Å². The number of carbonyl (C=O) groups excluding carboxylic acids is 1. The fraction of sp³-hybridized carbons (Fsp3) is 0.417. The summed E-state index contributed by atoms with van der Waals surface area (Å²) in [7, 11) is 0. The van der Waals surface area contributed by atoms with Crippen LogP contribution in [0.15, 0.2) is 28.7 Å². The Bertz CT molecular complexity index is 374. The van der Waals surface area contributed by atoms with E-state index < -0.39 is 0 Å². The minimum atomic E-state index is 0.0117. The number of carbonyl (C=O) groups is 1. The molecule has 80 valence electrons. The van der Waals surface area contributed by atoms with Crippen molar-refractivity contribution in [3.63, 3.8) is 0 Å². The molecule has 1 atom stereocenters. The second kappa shape index (κ2) is 3.97. The highest BCUT2D eigenvalue weighted by atomic mass is 79.9.